The van der Waals surface area contributed by atoms with Gasteiger partial charge in [0, 0.05) is 23.2 Å². The van der Waals surface area contributed by atoms with Gasteiger partial charge in [0.15, 0.2) is 0 Å². The molecule has 3 heteroatoms. The Labute approximate surface area is 115 Å². The molecule has 3 nitrogen and oxygen atoms in total. The number of likely N-dealkylation sites (N-methyl/N-ethyl adjacent to an activating group) is 1. The van der Waals surface area contributed by atoms with E-state index in [-0.39, 0.29) is 11.6 Å². The number of para-hydroxylation sites is 1. The monoisotopic (exact) mass is 257 g/mol. The van der Waals surface area contributed by atoms with E-state index in [1.54, 1.807) is 0 Å². The summed E-state index contributed by atoms with van der Waals surface area (Å²) in [6.45, 7) is 4.38. The third-order valence-corrected chi connectivity index (χ3v) is 4.38. The van der Waals surface area contributed by atoms with Crippen LogP contribution in [0.4, 0.5) is 0 Å². The number of fused-ring (bicyclic) bond motifs is 1. The predicted octanol–water partition coefficient (Wildman–Crippen LogP) is 2.96. The first-order chi connectivity index (χ1) is 8.99. The molecule has 1 aromatic carbocycles. The first-order valence-electron chi connectivity index (χ1n) is 6.76. The maximum absolute atomic E-state index is 6.49. The lowest BCUT2D eigenvalue weighted by atomic mass is 9.84. The Morgan fingerprint density at radius 1 is 1.32 bits per heavy atom. The van der Waals surface area contributed by atoms with Crippen molar-refractivity contribution in [3.05, 3.63) is 42.1 Å². The lowest BCUT2D eigenvalue weighted by Gasteiger charge is -2.41. The Balaban J connectivity index is 2.43. The predicted molar refractivity (Wildman–Crippen MR) is 81.1 cm³/mol. The van der Waals surface area contributed by atoms with E-state index in [9.17, 15) is 0 Å². The van der Waals surface area contributed by atoms with E-state index in [1.165, 1.54) is 0 Å². The molecular formula is C16H23N3. The highest BCUT2D eigenvalue weighted by Crippen LogP contribution is 2.31. The molecule has 0 saturated carbocycles. The highest BCUT2D eigenvalue weighted by Gasteiger charge is 2.33. The summed E-state index contributed by atoms with van der Waals surface area (Å²) in [4.78, 5) is 6.71. The number of hydrogen-bond acceptors (Lipinski definition) is 3. The van der Waals surface area contributed by atoms with Crippen molar-refractivity contribution in [2.75, 3.05) is 14.1 Å². The summed E-state index contributed by atoms with van der Waals surface area (Å²) in [5.74, 6) is 0. The topological polar surface area (TPSA) is 42.1 Å². The molecule has 2 rings (SSSR count). The SMILES string of the molecule is CCC(C)(C(N)c1cnc2ccccc2c1)N(C)C. The summed E-state index contributed by atoms with van der Waals surface area (Å²) in [5.41, 5.74) is 8.54. The van der Waals surface area contributed by atoms with Crippen LogP contribution in [-0.2, 0) is 0 Å². The number of hydrogen-bond donors (Lipinski definition) is 1. The maximum atomic E-state index is 6.49. The average molecular weight is 257 g/mol. The van der Waals surface area contributed by atoms with Crippen LogP contribution in [0, 0.1) is 0 Å². The minimum absolute atomic E-state index is 0.0513. The molecule has 0 aliphatic rings. The lowest BCUT2D eigenvalue weighted by Crippen LogP contribution is -2.49. The molecular weight excluding hydrogens is 234 g/mol. The molecule has 0 aliphatic heterocycles. The Kier molecular flexibility index (Phi) is 3.88. The maximum Gasteiger partial charge on any atom is 0.0702 e. The van der Waals surface area contributed by atoms with Gasteiger partial charge in [0.05, 0.1) is 5.52 Å². The van der Waals surface area contributed by atoms with Crippen molar-refractivity contribution in [3.63, 3.8) is 0 Å². The van der Waals surface area contributed by atoms with Crippen molar-refractivity contribution < 1.29 is 0 Å². The van der Waals surface area contributed by atoms with Crippen LogP contribution in [0.15, 0.2) is 36.5 Å². The third kappa shape index (κ3) is 2.48. The highest BCUT2D eigenvalue weighted by atomic mass is 15.2. The van der Waals surface area contributed by atoms with Crippen LogP contribution in [0.1, 0.15) is 31.9 Å². The van der Waals surface area contributed by atoms with Crippen LogP contribution in [0.5, 0.6) is 0 Å². The average Bonchev–Trinajstić information content (AvgIpc) is 2.44. The van der Waals surface area contributed by atoms with Gasteiger partial charge in [-0.1, -0.05) is 25.1 Å². The van der Waals surface area contributed by atoms with E-state index >= 15 is 0 Å². The molecule has 1 aromatic heterocycles. The van der Waals surface area contributed by atoms with Gasteiger partial charge in [-0.3, -0.25) is 4.98 Å². The van der Waals surface area contributed by atoms with Crippen molar-refractivity contribution >= 4 is 10.9 Å². The van der Waals surface area contributed by atoms with Crippen molar-refractivity contribution in [1.29, 1.82) is 0 Å². The van der Waals surface area contributed by atoms with Gasteiger partial charge in [-0.25, -0.2) is 0 Å². The molecule has 2 unspecified atom stereocenters. The Morgan fingerprint density at radius 2 is 2.00 bits per heavy atom. The standard InChI is InChI=1S/C16H23N3/c1-5-16(2,19(3)4)15(17)13-10-12-8-6-7-9-14(12)18-11-13/h6-11,15H,5,17H2,1-4H3. The first kappa shape index (κ1) is 14.0. The van der Waals surface area contributed by atoms with Gasteiger partial charge in [-0.05, 0) is 45.1 Å². The first-order valence-corrected chi connectivity index (χ1v) is 6.76. The lowest BCUT2D eigenvalue weighted by molar-refractivity contribution is 0.132. The van der Waals surface area contributed by atoms with Crippen LogP contribution in [0.25, 0.3) is 10.9 Å². The zero-order valence-corrected chi connectivity index (χ0v) is 12.2. The molecule has 0 amide bonds. The quantitative estimate of drug-likeness (QED) is 0.915. The van der Waals surface area contributed by atoms with Gasteiger partial charge in [0.2, 0.25) is 0 Å². The van der Waals surface area contributed by atoms with Crippen molar-refractivity contribution in [2.24, 2.45) is 5.73 Å². The molecule has 0 radical (unpaired) electrons. The van der Waals surface area contributed by atoms with E-state index in [2.05, 4.69) is 50.0 Å². The largest absolute Gasteiger partial charge is 0.322 e. The van der Waals surface area contributed by atoms with E-state index in [0.717, 1.165) is 22.9 Å². The normalized spacial score (nSPS) is 16.5. The van der Waals surface area contributed by atoms with Crippen molar-refractivity contribution in [2.45, 2.75) is 31.8 Å². The summed E-state index contributed by atoms with van der Waals surface area (Å²) in [6.07, 6.45) is 2.90. The summed E-state index contributed by atoms with van der Waals surface area (Å²) < 4.78 is 0. The summed E-state index contributed by atoms with van der Waals surface area (Å²) in [7, 11) is 4.16. The second kappa shape index (κ2) is 5.27. The molecule has 1 heterocycles. The van der Waals surface area contributed by atoms with Crippen LogP contribution in [-0.4, -0.2) is 29.5 Å². The smallest absolute Gasteiger partial charge is 0.0702 e. The fourth-order valence-electron chi connectivity index (χ4n) is 2.43. The van der Waals surface area contributed by atoms with E-state index in [4.69, 9.17) is 5.73 Å². The molecule has 0 fully saturated rings. The van der Waals surface area contributed by atoms with E-state index in [1.807, 2.05) is 24.4 Å². The van der Waals surface area contributed by atoms with Crippen LogP contribution >= 0.6 is 0 Å². The number of benzene rings is 1. The third-order valence-electron chi connectivity index (χ3n) is 4.38. The van der Waals surface area contributed by atoms with Gasteiger partial charge in [-0.2, -0.15) is 0 Å². The molecule has 2 N–H and O–H groups in total. The molecule has 2 atom stereocenters. The second-order valence-electron chi connectivity index (χ2n) is 5.54. The molecule has 0 saturated heterocycles. The zero-order valence-electron chi connectivity index (χ0n) is 12.2. The van der Waals surface area contributed by atoms with Crippen LogP contribution < -0.4 is 5.73 Å². The number of aromatic nitrogens is 1. The molecule has 0 bridgehead atoms. The van der Waals surface area contributed by atoms with E-state index in [0.29, 0.717) is 0 Å². The number of pyridine rings is 1. The van der Waals surface area contributed by atoms with Gasteiger partial charge in [0.1, 0.15) is 0 Å². The fraction of sp³-hybridized carbons (Fsp3) is 0.438. The Bertz CT molecular complexity index is 565. The second-order valence-corrected chi connectivity index (χ2v) is 5.54. The van der Waals surface area contributed by atoms with Gasteiger partial charge in [-0.15, -0.1) is 0 Å². The highest BCUT2D eigenvalue weighted by molar-refractivity contribution is 5.78. The zero-order chi connectivity index (χ0) is 14.0. The summed E-state index contributed by atoms with van der Waals surface area (Å²) >= 11 is 0. The van der Waals surface area contributed by atoms with Gasteiger partial charge >= 0.3 is 0 Å². The Morgan fingerprint density at radius 3 is 2.63 bits per heavy atom. The molecule has 102 valence electrons. The van der Waals surface area contributed by atoms with Crippen LogP contribution in [0.3, 0.4) is 0 Å². The molecule has 19 heavy (non-hydrogen) atoms. The van der Waals surface area contributed by atoms with Gasteiger partial charge in [0.25, 0.3) is 0 Å². The number of rotatable bonds is 4. The van der Waals surface area contributed by atoms with Crippen molar-refractivity contribution in [1.82, 2.24) is 9.88 Å². The number of nitrogens with two attached hydrogens (primary N) is 1. The molecule has 0 aliphatic carbocycles. The van der Waals surface area contributed by atoms with E-state index < -0.39 is 0 Å². The number of nitrogens with zero attached hydrogens (tertiary/aromatic N) is 2. The Hall–Kier alpha value is -1.45. The van der Waals surface area contributed by atoms with Crippen molar-refractivity contribution in [3.8, 4) is 0 Å². The van der Waals surface area contributed by atoms with Crippen LogP contribution in [0.2, 0.25) is 0 Å². The summed E-state index contributed by atoms with van der Waals surface area (Å²) in [5, 5.41) is 1.15. The summed E-state index contributed by atoms with van der Waals surface area (Å²) in [6, 6.07) is 10.2. The van der Waals surface area contributed by atoms with Gasteiger partial charge < -0.3 is 10.6 Å². The minimum atomic E-state index is -0.0653. The minimum Gasteiger partial charge on any atom is -0.322 e. The molecule has 2 aromatic rings. The fourth-order valence-corrected chi connectivity index (χ4v) is 2.43. The molecule has 0 spiro atoms.